The molecule has 0 rings (SSSR count). The van der Waals surface area contributed by atoms with Crippen LogP contribution >= 0.6 is 0 Å². The molecule has 0 aliphatic carbocycles. The summed E-state index contributed by atoms with van der Waals surface area (Å²) in [6.45, 7) is 17.6. The summed E-state index contributed by atoms with van der Waals surface area (Å²) in [5, 5.41) is 0. The van der Waals surface area contributed by atoms with Crippen LogP contribution in [0, 0.1) is 0 Å². The molecule has 0 N–H and O–H groups in total. The molecular weight excluding hydrogens is 232 g/mol. The Morgan fingerprint density at radius 3 is 1.81 bits per heavy atom. The van der Waals surface area contributed by atoms with Crippen molar-refractivity contribution in [2.24, 2.45) is 0 Å². The first-order chi connectivity index (χ1) is 7.04. The lowest BCUT2D eigenvalue weighted by atomic mass is 10.4. The van der Waals surface area contributed by atoms with E-state index in [0.29, 0.717) is 5.54 Å². The average Bonchev–Trinajstić information content (AvgIpc) is 1.99. The molecule has 4 heteroatoms. The lowest BCUT2D eigenvalue weighted by molar-refractivity contribution is 0.250. The van der Waals surface area contributed by atoms with Gasteiger partial charge in [0.25, 0.3) is 0 Å². The van der Waals surface area contributed by atoms with Gasteiger partial charge in [-0.2, -0.15) is 0 Å². The van der Waals surface area contributed by atoms with Gasteiger partial charge < -0.3 is 8.85 Å². The van der Waals surface area contributed by atoms with E-state index in [1.807, 2.05) is 12.3 Å². The van der Waals surface area contributed by atoms with Gasteiger partial charge in [-0.05, 0) is 51.3 Å². The fraction of sp³-hybridized carbons (Fsp3) is 0.833. The zero-order valence-corrected chi connectivity index (χ0v) is 14.1. The van der Waals surface area contributed by atoms with Crippen molar-refractivity contribution >= 4 is 16.6 Å². The van der Waals surface area contributed by atoms with E-state index < -0.39 is 16.6 Å². The second-order valence-electron chi connectivity index (χ2n) is 6.14. The molecule has 0 aliphatic rings. The van der Waals surface area contributed by atoms with Gasteiger partial charge in [0, 0.05) is 0 Å². The van der Waals surface area contributed by atoms with Crippen LogP contribution in [-0.4, -0.2) is 22.7 Å². The molecule has 0 saturated heterocycles. The number of hydrogen-bond donors (Lipinski definition) is 0. The van der Waals surface area contributed by atoms with Crippen molar-refractivity contribution in [3.8, 4) is 0 Å². The van der Waals surface area contributed by atoms with E-state index in [-0.39, 0.29) is 6.10 Å². The van der Waals surface area contributed by atoms with E-state index >= 15 is 0 Å². The van der Waals surface area contributed by atoms with Crippen LogP contribution in [0.4, 0.5) is 0 Å². The summed E-state index contributed by atoms with van der Waals surface area (Å²) < 4.78 is 11.8. The van der Waals surface area contributed by atoms with Gasteiger partial charge in [0.1, 0.15) is 0 Å². The van der Waals surface area contributed by atoms with Crippen LogP contribution in [0.1, 0.15) is 20.8 Å². The minimum atomic E-state index is -1.54. The van der Waals surface area contributed by atoms with E-state index in [4.69, 9.17) is 8.85 Å². The normalized spacial score (nSPS) is 15.8. The molecule has 0 aromatic carbocycles. The fourth-order valence-corrected chi connectivity index (χ4v) is 2.80. The van der Waals surface area contributed by atoms with Crippen molar-refractivity contribution < 1.29 is 8.85 Å². The molecule has 0 amide bonds. The van der Waals surface area contributed by atoms with Gasteiger partial charge in [0.2, 0.25) is 8.32 Å². The molecule has 0 heterocycles. The molecule has 1 atom stereocenters. The Labute approximate surface area is 103 Å². The predicted octanol–water partition coefficient (Wildman–Crippen LogP) is 4.37. The average molecular weight is 261 g/mol. The third-order valence-corrected chi connectivity index (χ3v) is 7.25. The van der Waals surface area contributed by atoms with Gasteiger partial charge >= 0.3 is 0 Å². The zero-order chi connectivity index (χ0) is 13.0. The van der Waals surface area contributed by atoms with Crippen LogP contribution in [0.2, 0.25) is 38.3 Å². The highest BCUT2D eigenvalue weighted by molar-refractivity contribution is 6.72. The summed E-state index contributed by atoms with van der Waals surface area (Å²) >= 11 is 0. The molecule has 2 nitrogen and oxygen atoms in total. The standard InChI is InChI=1S/C12H28O2Si2/c1-11(2)16(7,8)14-12(3)9-10-13-15(4,5)6/h9-12H,1-8H3. The summed E-state index contributed by atoms with van der Waals surface area (Å²) in [6.07, 6.45) is 4.00. The lowest BCUT2D eigenvalue weighted by Crippen LogP contribution is -2.37. The van der Waals surface area contributed by atoms with Crippen molar-refractivity contribution in [1.82, 2.24) is 0 Å². The molecule has 96 valence electrons. The molecule has 0 aromatic heterocycles. The fourth-order valence-electron chi connectivity index (χ4n) is 1.01. The van der Waals surface area contributed by atoms with Gasteiger partial charge in [0.05, 0.1) is 12.4 Å². The molecule has 0 spiro atoms. The first kappa shape index (κ1) is 15.9. The van der Waals surface area contributed by atoms with Gasteiger partial charge in [0.15, 0.2) is 8.32 Å². The second kappa shape index (κ2) is 6.03. The Bertz CT molecular complexity index is 230. The van der Waals surface area contributed by atoms with Gasteiger partial charge in [-0.25, -0.2) is 0 Å². The zero-order valence-electron chi connectivity index (χ0n) is 12.1. The van der Waals surface area contributed by atoms with Gasteiger partial charge in [-0.3, -0.25) is 0 Å². The van der Waals surface area contributed by atoms with E-state index in [0.717, 1.165) is 0 Å². The van der Waals surface area contributed by atoms with E-state index in [1.54, 1.807) is 0 Å². The molecular formula is C12H28O2Si2. The van der Waals surface area contributed by atoms with Crippen molar-refractivity contribution in [2.75, 3.05) is 0 Å². The highest BCUT2D eigenvalue weighted by Crippen LogP contribution is 2.23. The van der Waals surface area contributed by atoms with E-state index in [1.165, 1.54) is 0 Å². The van der Waals surface area contributed by atoms with Crippen LogP contribution in [0.15, 0.2) is 12.3 Å². The van der Waals surface area contributed by atoms with Crippen molar-refractivity contribution in [1.29, 1.82) is 0 Å². The Morgan fingerprint density at radius 2 is 1.44 bits per heavy atom. The lowest BCUT2D eigenvalue weighted by Gasteiger charge is -2.29. The first-order valence-electron chi connectivity index (χ1n) is 6.07. The Kier molecular flexibility index (Phi) is 6.00. The summed E-state index contributed by atoms with van der Waals surface area (Å²) in [5.74, 6) is 0. The smallest absolute Gasteiger partial charge is 0.241 e. The molecule has 0 bridgehead atoms. The maximum atomic E-state index is 6.10. The van der Waals surface area contributed by atoms with Crippen LogP contribution in [0.5, 0.6) is 0 Å². The van der Waals surface area contributed by atoms with E-state index in [9.17, 15) is 0 Å². The maximum Gasteiger partial charge on any atom is 0.241 e. The highest BCUT2D eigenvalue weighted by atomic mass is 28.4. The van der Waals surface area contributed by atoms with Crippen LogP contribution < -0.4 is 0 Å². The van der Waals surface area contributed by atoms with Crippen LogP contribution in [0.3, 0.4) is 0 Å². The third kappa shape index (κ3) is 7.25. The van der Waals surface area contributed by atoms with Crippen LogP contribution in [0.25, 0.3) is 0 Å². The minimum absolute atomic E-state index is 0.153. The summed E-state index contributed by atoms with van der Waals surface area (Å²) in [7, 11) is -2.97. The number of hydrogen-bond acceptors (Lipinski definition) is 2. The molecule has 0 aromatic rings. The van der Waals surface area contributed by atoms with Crippen LogP contribution in [-0.2, 0) is 8.85 Å². The van der Waals surface area contributed by atoms with E-state index in [2.05, 4.69) is 53.5 Å². The summed E-state index contributed by atoms with van der Waals surface area (Å²) in [5.41, 5.74) is 0.640. The predicted molar refractivity (Wildman–Crippen MR) is 76.7 cm³/mol. The first-order valence-corrected chi connectivity index (χ1v) is 12.5. The quantitative estimate of drug-likeness (QED) is 0.521. The maximum absolute atomic E-state index is 6.10. The minimum Gasteiger partial charge on any atom is -0.550 e. The summed E-state index contributed by atoms with van der Waals surface area (Å²) in [4.78, 5) is 0. The Balaban J connectivity index is 4.14. The SMILES string of the molecule is CC(C=CO[Si](C)(C)C)O[Si](C)(C)C(C)C. The molecule has 0 fully saturated rings. The van der Waals surface area contributed by atoms with Gasteiger partial charge in [-0.15, -0.1) is 0 Å². The highest BCUT2D eigenvalue weighted by Gasteiger charge is 2.28. The topological polar surface area (TPSA) is 18.5 Å². The molecule has 0 radical (unpaired) electrons. The number of rotatable bonds is 6. The molecule has 1 unspecified atom stereocenters. The van der Waals surface area contributed by atoms with Crippen molar-refractivity contribution in [3.63, 3.8) is 0 Å². The second-order valence-corrected chi connectivity index (χ2v) is 15.2. The van der Waals surface area contributed by atoms with Crippen molar-refractivity contribution in [2.45, 2.75) is 65.2 Å². The largest absolute Gasteiger partial charge is 0.550 e. The van der Waals surface area contributed by atoms with Gasteiger partial charge in [-0.1, -0.05) is 13.8 Å². The molecule has 16 heavy (non-hydrogen) atoms. The molecule has 0 saturated carbocycles. The Morgan fingerprint density at radius 1 is 0.938 bits per heavy atom. The Hall–Kier alpha value is -0.0662. The monoisotopic (exact) mass is 260 g/mol. The summed E-state index contributed by atoms with van der Waals surface area (Å²) in [6, 6.07) is 0. The third-order valence-electron chi connectivity index (χ3n) is 2.65. The molecule has 0 aliphatic heterocycles. The van der Waals surface area contributed by atoms with Crippen molar-refractivity contribution in [3.05, 3.63) is 12.3 Å².